The van der Waals surface area contributed by atoms with E-state index in [1.807, 2.05) is 6.07 Å². The van der Waals surface area contributed by atoms with Crippen LogP contribution in [0.25, 0.3) is 0 Å². The Morgan fingerprint density at radius 3 is 2.68 bits per heavy atom. The molecule has 0 aliphatic heterocycles. The van der Waals surface area contributed by atoms with Crippen molar-refractivity contribution >= 4 is 23.2 Å². The van der Waals surface area contributed by atoms with E-state index in [0.29, 0.717) is 22.0 Å². The van der Waals surface area contributed by atoms with Crippen LogP contribution in [0.1, 0.15) is 17.2 Å². The SMILES string of the molecule is NNC(Cc1ccc(Cl)cc1Cl)c1cncc(F)c1. The fourth-order valence-corrected chi connectivity index (χ4v) is 2.28. The van der Waals surface area contributed by atoms with Gasteiger partial charge in [0.05, 0.1) is 12.2 Å². The molecule has 0 aliphatic carbocycles. The van der Waals surface area contributed by atoms with Gasteiger partial charge in [-0.2, -0.15) is 0 Å². The van der Waals surface area contributed by atoms with Crippen molar-refractivity contribution in [1.82, 2.24) is 10.4 Å². The van der Waals surface area contributed by atoms with Gasteiger partial charge < -0.3 is 0 Å². The summed E-state index contributed by atoms with van der Waals surface area (Å²) in [5.74, 6) is 5.11. The average Bonchev–Trinajstić information content (AvgIpc) is 2.38. The standard InChI is InChI=1S/C13H12Cl2FN3/c14-10-2-1-8(12(15)5-10)4-13(19-17)9-3-11(16)7-18-6-9/h1-3,5-7,13,19H,4,17H2. The van der Waals surface area contributed by atoms with E-state index in [1.165, 1.54) is 6.07 Å². The third-order valence-electron chi connectivity index (χ3n) is 2.77. The van der Waals surface area contributed by atoms with E-state index in [-0.39, 0.29) is 6.04 Å². The molecular weight excluding hydrogens is 288 g/mol. The molecule has 0 amide bonds. The molecule has 19 heavy (non-hydrogen) atoms. The van der Waals surface area contributed by atoms with Crippen LogP contribution < -0.4 is 11.3 Å². The third-order valence-corrected chi connectivity index (χ3v) is 3.36. The molecule has 0 fully saturated rings. The molecule has 3 nitrogen and oxygen atoms in total. The number of hydrazine groups is 1. The highest BCUT2D eigenvalue weighted by Gasteiger charge is 2.14. The van der Waals surface area contributed by atoms with E-state index < -0.39 is 5.82 Å². The molecule has 0 aliphatic rings. The van der Waals surface area contributed by atoms with Crippen molar-refractivity contribution in [2.24, 2.45) is 5.84 Å². The fourth-order valence-electron chi connectivity index (χ4n) is 1.80. The predicted molar refractivity (Wildman–Crippen MR) is 74.4 cm³/mol. The minimum atomic E-state index is -0.403. The van der Waals surface area contributed by atoms with Gasteiger partial charge in [0.25, 0.3) is 0 Å². The summed E-state index contributed by atoms with van der Waals surface area (Å²) in [4.78, 5) is 3.81. The zero-order chi connectivity index (χ0) is 13.8. The first kappa shape index (κ1) is 14.2. The number of hydrogen-bond donors (Lipinski definition) is 2. The Hall–Kier alpha value is -1.20. The quantitative estimate of drug-likeness (QED) is 0.673. The van der Waals surface area contributed by atoms with E-state index >= 15 is 0 Å². The number of rotatable bonds is 4. The summed E-state index contributed by atoms with van der Waals surface area (Å²) in [6.45, 7) is 0. The number of aromatic nitrogens is 1. The van der Waals surface area contributed by atoms with Gasteiger partial charge in [-0.1, -0.05) is 29.3 Å². The first-order valence-electron chi connectivity index (χ1n) is 5.60. The van der Waals surface area contributed by atoms with Crippen LogP contribution in [0.3, 0.4) is 0 Å². The summed E-state index contributed by atoms with van der Waals surface area (Å²) in [7, 11) is 0. The van der Waals surface area contributed by atoms with Crippen LogP contribution in [-0.4, -0.2) is 4.98 Å². The van der Waals surface area contributed by atoms with Crippen molar-refractivity contribution in [1.29, 1.82) is 0 Å². The molecule has 1 atom stereocenters. The number of halogens is 3. The molecule has 3 N–H and O–H groups in total. The van der Waals surface area contributed by atoms with Crippen LogP contribution >= 0.6 is 23.2 Å². The number of nitrogens with one attached hydrogen (secondary N) is 1. The molecule has 6 heteroatoms. The Bertz CT molecular complexity index is 578. The zero-order valence-corrected chi connectivity index (χ0v) is 11.4. The lowest BCUT2D eigenvalue weighted by Crippen LogP contribution is -2.29. The maximum atomic E-state index is 13.2. The Morgan fingerprint density at radius 1 is 1.26 bits per heavy atom. The average molecular weight is 300 g/mol. The first-order chi connectivity index (χ1) is 9.10. The Kier molecular flexibility index (Phi) is 4.71. The van der Waals surface area contributed by atoms with E-state index in [1.54, 1.807) is 18.3 Å². The summed E-state index contributed by atoms with van der Waals surface area (Å²) < 4.78 is 13.2. The van der Waals surface area contributed by atoms with Crippen LogP contribution in [0.5, 0.6) is 0 Å². The number of nitrogens with zero attached hydrogens (tertiary/aromatic N) is 1. The molecule has 1 heterocycles. The maximum Gasteiger partial charge on any atom is 0.141 e. The molecule has 2 rings (SSSR count). The minimum absolute atomic E-state index is 0.276. The van der Waals surface area contributed by atoms with Crippen molar-refractivity contribution in [3.8, 4) is 0 Å². The second-order valence-electron chi connectivity index (χ2n) is 4.10. The van der Waals surface area contributed by atoms with Gasteiger partial charge >= 0.3 is 0 Å². The predicted octanol–water partition coefficient (Wildman–Crippen LogP) is 3.27. The minimum Gasteiger partial charge on any atom is -0.271 e. The highest BCUT2D eigenvalue weighted by molar-refractivity contribution is 6.35. The largest absolute Gasteiger partial charge is 0.271 e. The lowest BCUT2D eigenvalue weighted by molar-refractivity contribution is 0.541. The van der Waals surface area contributed by atoms with Crippen molar-refractivity contribution < 1.29 is 4.39 Å². The zero-order valence-electron chi connectivity index (χ0n) is 9.91. The second-order valence-corrected chi connectivity index (χ2v) is 4.94. The van der Waals surface area contributed by atoms with Gasteiger partial charge in [-0.25, -0.2) is 4.39 Å². The van der Waals surface area contributed by atoms with Gasteiger partial charge in [0, 0.05) is 16.2 Å². The topological polar surface area (TPSA) is 50.9 Å². The van der Waals surface area contributed by atoms with E-state index in [4.69, 9.17) is 29.0 Å². The van der Waals surface area contributed by atoms with E-state index in [9.17, 15) is 4.39 Å². The van der Waals surface area contributed by atoms with E-state index in [2.05, 4.69) is 10.4 Å². The molecule has 1 unspecified atom stereocenters. The molecular formula is C13H12Cl2FN3. The fraction of sp³-hybridized carbons (Fsp3) is 0.154. The van der Waals surface area contributed by atoms with Crippen molar-refractivity contribution in [2.45, 2.75) is 12.5 Å². The van der Waals surface area contributed by atoms with Crippen LogP contribution in [0.4, 0.5) is 4.39 Å². The van der Waals surface area contributed by atoms with Gasteiger partial charge in [-0.3, -0.25) is 16.3 Å². The van der Waals surface area contributed by atoms with Gasteiger partial charge in [-0.15, -0.1) is 0 Å². The summed E-state index contributed by atoms with van der Waals surface area (Å²) in [6.07, 6.45) is 3.22. The third kappa shape index (κ3) is 3.64. The maximum absolute atomic E-state index is 13.2. The molecule has 0 saturated carbocycles. The molecule has 0 spiro atoms. The van der Waals surface area contributed by atoms with Crippen LogP contribution in [0.2, 0.25) is 10.0 Å². The Morgan fingerprint density at radius 2 is 2.05 bits per heavy atom. The summed E-state index contributed by atoms with van der Waals surface area (Å²) in [6, 6.07) is 6.35. The van der Waals surface area contributed by atoms with Gasteiger partial charge in [0.15, 0.2) is 0 Å². The summed E-state index contributed by atoms with van der Waals surface area (Å²) in [5, 5.41) is 1.12. The first-order valence-corrected chi connectivity index (χ1v) is 6.36. The molecule has 1 aromatic heterocycles. The summed E-state index contributed by atoms with van der Waals surface area (Å²) >= 11 is 11.9. The molecule has 0 bridgehead atoms. The Balaban J connectivity index is 2.24. The van der Waals surface area contributed by atoms with Crippen molar-refractivity contribution in [3.63, 3.8) is 0 Å². The van der Waals surface area contributed by atoms with Gasteiger partial charge in [0.2, 0.25) is 0 Å². The number of nitrogens with two attached hydrogens (primary N) is 1. The lowest BCUT2D eigenvalue weighted by atomic mass is 10.0. The number of pyridine rings is 1. The molecule has 100 valence electrons. The summed E-state index contributed by atoms with van der Waals surface area (Å²) in [5.41, 5.74) is 4.17. The van der Waals surface area contributed by atoms with Crippen LogP contribution in [-0.2, 0) is 6.42 Å². The highest BCUT2D eigenvalue weighted by Crippen LogP contribution is 2.25. The number of benzene rings is 1. The van der Waals surface area contributed by atoms with Crippen LogP contribution in [0.15, 0.2) is 36.7 Å². The molecule has 0 radical (unpaired) electrons. The number of hydrogen-bond acceptors (Lipinski definition) is 3. The smallest absolute Gasteiger partial charge is 0.141 e. The second kappa shape index (κ2) is 6.30. The van der Waals surface area contributed by atoms with Crippen molar-refractivity contribution in [2.75, 3.05) is 0 Å². The van der Waals surface area contributed by atoms with Crippen molar-refractivity contribution in [3.05, 3.63) is 63.6 Å². The molecule has 0 saturated heterocycles. The van der Waals surface area contributed by atoms with Crippen LogP contribution in [0, 0.1) is 5.82 Å². The monoisotopic (exact) mass is 299 g/mol. The van der Waals surface area contributed by atoms with E-state index in [0.717, 1.165) is 11.8 Å². The highest BCUT2D eigenvalue weighted by atomic mass is 35.5. The lowest BCUT2D eigenvalue weighted by Gasteiger charge is -2.17. The van der Waals surface area contributed by atoms with Gasteiger partial charge in [-0.05, 0) is 35.7 Å². The normalized spacial score (nSPS) is 12.4. The molecule has 1 aromatic carbocycles. The Labute approximate surface area is 120 Å². The van der Waals surface area contributed by atoms with Gasteiger partial charge in [0.1, 0.15) is 5.82 Å². The molecule has 2 aromatic rings.